The average molecular weight is 369 g/mol. The lowest BCUT2D eigenvalue weighted by Gasteiger charge is -2.16. The van der Waals surface area contributed by atoms with Crippen LogP contribution in [0.15, 0.2) is 42.5 Å². The van der Waals surface area contributed by atoms with Crippen molar-refractivity contribution in [2.24, 2.45) is 0 Å². The second-order valence-electron chi connectivity index (χ2n) is 6.06. The topological polar surface area (TPSA) is 77.9 Å². The van der Waals surface area contributed by atoms with Crippen molar-refractivity contribution in [3.8, 4) is 28.5 Å². The number of rotatable bonds is 5. The molecule has 4 rings (SSSR count). The number of ether oxygens (including phenoxy) is 3. The highest BCUT2D eigenvalue weighted by molar-refractivity contribution is 5.91. The Morgan fingerprint density at radius 3 is 2.70 bits per heavy atom. The van der Waals surface area contributed by atoms with E-state index in [2.05, 4.69) is 4.98 Å². The number of hydrogen-bond acceptors (Lipinski definition) is 5. The van der Waals surface area contributed by atoms with E-state index in [-0.39, 0.29) is 13.2 Å². The second-order valence-corrected chi connectivity index (χ2v) is 6.06. The first-order chi connectivity index (χ1) is 13.1. The number of pyridine rings is 1. The zero-order valence-corrected chi connectivity index (χ0v) is 14.4. The first-order valence-electron chi connectivity index (χ1n) is 8.45. The minimum atomic E-state index is -1.07. The highest BCUT2D eigenvalue weighted by Crippen LogP contribution is 2.40. The number of hydrogen-bond donors (Lipinski definition) is 1. The molecule has 138 valence electrons. The molecule has 1 N–H and O–H groups in total. The first-order valence-corrected chi connectivity index (χ1v) is 8.45. The molecule has 6 nitrogen and oxygen atoms in total. The molecule has 1 atom stereocenters. The molecule has 1 aliphatic heterocycles. The summed E-state index contributed by atoms with van der Waals surface area (Å²) in [5.74, 6) is -0.157. The van der Waals surface area contributed by atoms with Crippen molar-refractivity contribution in [2.75, 3.05) is 6.79 Å². The van der Waals surface area contributed by atoms with Crippen molar-refractivity contribution in [1.82, 2.24) is 4.98 Å². The van der Waals surface area contributed by atoms with E-state index in [1.165, 1.54) is 6.07 Å². The summed E-state index contributed by atoms with van der Waals surface area (Å²) < 4.78 is 30.8. The van der Waals surface area contributed by atoms with Gasteiger partial charge in [-0.3, -0.25) is 0 Å². The van der Waals surface area contributed by atoms with E-state index in [0.717, 1.165) is 0 Å². The third-order valence-electron chi connectivity index (χ3n) is 4.33. The van der Waals surface area contributed by atoms with Gasteiger partial charge in [0.05, 0.1) is 11.2 Å². The smallest absolute Gasteiger partial charge is 0.344 e. The monoisotopic (exact) mass is 369 g/mol. The molecule has 0 spiro atoms. The SMILES string of the molecule is CCC(Oc1cc(-c2ccccc2F)nc2cc3c(cc12)OCO3)C(=O)O. The molecule has 0 fully saturated rings. The molecule has 0 amide bonds. The summed E-state index contributed by atoms with van der Waals surface area (Å²) in [6, 6.07) is 11.2. The Balaban J connectivity index is 1.92. The van der Waals surface area contributed by atoms with E-state index in [4.69, 9.17) is 14.2 Å². The van der Waals surface area contributed by atoms with Crippen LogP contribution in [-0.4, -0.2) is 29.0 Å². The van der Waals surface area contributed by atoms with Crippen LogP contribution in [0, 0.1) is 5.82 Å². The average Bonchev–Trinajstić information content (AvgIpc) is 3.11. The van der Waals surface area contributed by atoms with Gasteiger partial charge < -0.3 is 19.3 Å². The molecule has 2 heterocycles. The van der Waals surface area contributed by atoms with Crippen LogP contribution in [0.5, 0.6) is 17.2 Å². The lowest BCUT2D eigenvalue weighted by Crippen LogP contribution is -2.26. The van der Waals surface area contributed by atoms with Gasteiger partial charge in [0.1, 0.15) is 11.6 Å². The molecule has 0 bridgehead atoms. The second kappa shape index (κ2) is 6.75. The summed E-state index contributed by atoms with van der Waals surface area (Å²) in [4.78, 5) is 15.9. The van der Waals surface area contributed by atoms with Crippen molar-refractivity contribution < 1.29 is 28.5 Å². The van der Waals surface area contributed by atoms with Gasteiger partial charge in [-0.1, -0.05) is 19.1 Å². The van der Waals surface area contributed by atoms with Crippen LogP contribution < -0.4 is 14.2 Å². The van der Waals surface area contributed by atoms with E-state index in [1.807, 2.05) is 0 Å². The number of benzene rings is 2. The number of halogens is 1. The standard InChI is InChI=1S/C20H16FNO5/c1-2-16(20(23)24)27-17-8-14(11-5-3-4-6-13(11)21)22-15-9-19-18(7-12(15)17)25-10-26-19/h3-9,16H,2,10H2,1H3,(H,23,24). The normalized spacial score (nSPS) is 13.6. The summed E-state index contributed by atoms with van der Waals surface area (Å²) in [7, 11) is 0. The molecule has 1 aromatic heterocycles. The van der Waals surface area contributed by atoms with E-state index in [0.29, 0.717) is 39.4 Å². The van der Waals surface area contributed by atoms with Crippen molar-refractivity contribution in [3.05, 3.63) is 48.3 Å². The summed E-state index contributed by atoms with van der Waals surface area (Å²) in [6.45, 7) is 1.81. The molecule has 0 saturated heterocycles. The van der Waals surface area contributed by atoms with Crippen molar-refractivity contribution in [1.29, 1.82) is 0 Å². The van der Waals surface area contributed by atoms with Crippen molar-refractivity contribution >= 4 is 16.9 Å². The Morgan fingerprint density at radius 2 is 2.00 bits per heavy atom. The fraction of sp³-hybridized carbons (Fsp3) is 0.200. The minimum absolute atomic E-state index is 0.0920. The van der Waals surface area contributed by atoms with Gasteiger partial charge in [0.25, 0.3) is 0 Å². The highest BCUT2D eigenvalue weighted by atomic mass is 19.1. The molecule has 2 aromatic carbocycles. The molecule has 7 heteroatoms. The van der Waals surface area contributed by atoms with Gasteiger partial charge in [-0.25, -0.2) is 14.2 Å². The van der Waals surface area contributed by atoms with Crippen LogP contribution in [-0.2, 0) is 4.79 Å². The molecule has 0 radical (unpaired) electrons. The predicted molar refractivity (Wildman–Crippen MR) is 95.6 cm³/mol. The number of fused-ring (bicyclic) bond motifs is 2. The molecular weight excluding hydrogens is 353 g/mol. The first kappa shape index (κ1) is 17.1. The maximum atomic E-state index is 14.3. The molecule has 1 unspecified atom stereocenters. The predicted octanol–water partition coefficient (Wildman–Crippen LogP) is 4.01. The van der Waals surface area contributed by atoms with Gasteiger partial charge in [0, 0.05) is 23.1 Å². The summed E-state index contributed by atoms with van der Waals surface area (Å²) in [6.07, 6.45) is -0.756. The number of carboxylic acid groups (broad SMARTS) is 1. The Labute approximate surface area is 154 Å². The van der Waals surface area contributed by atoms with Crippen molar-refractivity contribution in [3.63, 3.8) is 0 Å². The van der Waals surface area contributed by atoms with Gasteiger partial charge >= 0.3 is 5.97 Å². The number of carbonyl (C=O) groups is 1. The zero-order chi connectivity index (χ0) is 19.0. The van der Waals surface area contributed by atoms with Gasteiger partial charge in [0.15, 0.2) is 17.6 Å². The molecule has 3 aromatic rings. The largest absolute Gasteiger partial charge is 0.479 e. The third-order valence-corrected chi connectivity index (χ3v) is 4.33. The number of aromatic nitrogens is 1. The van der Waals surface area contributed by atoms with E-state index < -0.39 is 17.9 Å². The van der Waals surface area contributed by atoms with E-state index in [9.17, 15) is 14.3 Å². The number of aliphatic carboxylic acids is 1. The third kappa shape index (κ3) is 3.12. The van der Waals surface area contributed by atoms with Crippen LogP contribution >= 0.6 is 0 Å². The van der Waals surface area contributed by atoms with Crippen LogP contribution in [0.25, 0.3) is 22.2 Å². The Kier molecular flexibility index (Phi) is 4.27. The molecular formula is C20H16FNO5. The van der Waals surface area contributed by atoms with Gasteiger partial charge in [0.2, 0.25) is 6.79 Å². The van der Waals surface area contributed by atoms with Crippen molar-refractivity contribution in [2.45, 2.75) is 19.4 Å². The fourth-order valence-corrected chi connectivity index (χ4v) is 2.95. The van der Waals surface area contributed by atoms with Crippen LogP contribution in [0.4, 0.5) is 4.39 Å². The summed E-state index contributed by atoms with van der Waals surface area (Å²) in [5, 5.41) is 9.92. The maximum absolute atomic E-state index is 14.3. The Hall–Kier alpha value is -3.35. The molecule has 0 saturated carbocycles. The molecule has 0 aliphatic carbocycles. The van der Waals surface area contributed by atoms with Gasteiger partial charge in [-0.05, 0) is 24.6 Å². The van der Waals surface area contributed by atoms with E-state index in [1.54, 1.807) is 43.3 Å². The minimum Gasteiger partial charge on any atom is -0.479 e. The Bertz CT molecular complexity index is 1040. The van der Waals surface area contributed by atoms with Crippen LogP contribution in [0.2, 0.25) is 0 Å². The lowest BCUT2D eigenvalue weighted by molar-refractivity contribution is -0.145. The van der Waals surface area contributed by atoms with E-state index >= 15 is 0 Å². The van der Waals surface area contributed by atoms with Crippen LogP contribution in [0.3, 0.4) is 0 Å². The number of nitrogens with zero attached hydrogens (tertiary/aromatic N) is 1. The maximum Gasteiger partial charge on any atom is 0.344 e. The zero-order valence-electron chi connectivity index (χ0n) is 14.4. The lowest BCUT2D eigenvalue weighted by atomic mass is 10.1. The van der Waals surface area contributed by atoms with Gasteiger partial charge in [-0.15, -0.1) is 0 Å². The fourth-order valence-electron chi connectivity index (χ4n) is 2.95. The molecule has 27 heavy (non-hydrogen) atoms. The summed E-state index contributed by atoms with van der Waals surface area (Å²) >= 11 is 0. The van der Waals surface area contributed by atoms with Gasteiger partial charge in [-0.2, -0.15) is 0 Å². The summed E-state index contributed by atoms with van der Waals surface area (Å²) in [5.41, 5.74) is 1.13. The quantitative estimate of drug-likeness (QED) is 0.732. The number of carboxylic acids is 1. The highest BCUT2D eigenvalue weighted by Gasteiger charge is 2.22. The molecule has 1 aliphatic rings. The Morgan fingerprint density at radius 1 is 1.26 bits per heavy atom. The van der Waals surface area contributed by atoms with Crippen LogP contribution in [0.1, 0.15) is 13.3 Å².